The number of nitrogens with one attached hydrogen (secondary N) is 1. The van der Waals surface area contributed by atoms with Crippen LogP contribution < -0.4 is 10.2 Å². The number of aromatic nitrogens is 1. The second-order valence-corrected chi connectivity index (χ2v) is 5.29. The maximum atomic E-state index is 6.23. The Morgan fingerprint density at radius 2 is 2.38 bits per heavy atom. The van der Waals surface area contributed by atoms with Crippen LogP contribution in [-0.4, -0.2) is 30.7 Å². The fourth-order valence-corrected chi connectivity index (χ4v) is 2.55. The molecule has 0 atom stereocenters. The molecule has 2 heterocycles. The summed E-state index contributed by atoms with van der Waals surface area (Å²) in [7, 11) is 0. The Balaban J connectivity index is 2.23. The molecule has 1 fully saturated rings. The number of hydrogen-bond acceptors (Lipinski definition) is 3. The van der Waals surface area contributed by atoms with E-state index in [0.717, 1.165) is 41.4 Å². The van der Waals surface area contributed by atoms with E-state index in [-0.39, 0.29) is 0 Å². The van der Waals surface area contributed by atoms with Gasteiger partial charge in [-0.2, -0.15) is 0 Å². The first-order chi connectivity index (χ1) is 7.72. The first-order valence-corrected chi connectivity index (χ1v) is 6.68. The molecule has 0 radical (unpaired) electrons. The Morgan fingerprint density at radius 1 is 1.62 bits per heavy atom. The van der Waals surface area contributed by atoms with E-state index in [1.165, 1.54) is 0 Å². The minimum atomic E-state index is 0.533. The Morgan fingerprint density at radius 3 is 2.88 bits per heavy atom. The van der Waals surface area contributed by atoms with Crippen LogP contribution in [0, 0.1) is 0 Å². The molecule has 1 aromatic rings. The van der Waals surface area contributed by atoms with Gasteiger partial charge in [-0.3, -0.25) is 0 Å². The molecule has 1 aliphatic heterocycles. The predicted molar refractivity (Wildman–Crippen MR) is 71.2 cm³/mol. The first kappa shape index (κ1) is 12.1. The molecule has 1 aliphatic rings. The molecule has 3 nitrogen and oxygen atoms in total. The van der Waals surface area contributed by atoms with Crippen LogP contribution in [0.1, 0.15) is 13.3 Å². The van der Waals surface area contributed by atoms with Crippen LogP contribution >= 0.6 is 27.5 Å². The molecular weight excluding hydrogens is 289 g/mol. The molecule has 1 aromatic heterocycles. The van der Waals surface area contributed by atoms with Crippen LogP contribution in [0.5, 0.6) is 0 Å². The second-order valence-electron chi connectivity index (χ2n) is 3.96. The lowest BCUT2D eigenvalue weighted by Crippen LogP contribution is -2.57. The highest BCUT2D eigenvalue weighted by atomic mass is 79.9. The minimum absolute atomic E-state index is 0.533. The van der Waals surface area contributed by atoms with Crippen LogP contribution in [0.15, 0.2) is 16.7 Å². The van der Waals surface area contributed by atoms with Gasteiger partial charge in [0.15, 0.2) is 0 Å². The van der Waals surface area contributed by atoms with E-state index in [0.29, 0.717) is 6.04 Å². The summed E-state index contributed by atoms with van der Waals surface area (Å²) in [5.41, 5.74) is 0. The molecule has 0 bridgehead atoms. The van der Waals surface area contributed by atoms with Crippen molar-refractivity contribution in [2.75, 3.05) is 24.5 Å². The summed E-state index contributed by atoms with van der Waals surface area (Å²) in [6.45, 7) is 5.22. The summed E-state index contributed by atoms with van der Waals surface area (Å²) in [5, 5.41) is 4.00. The lowest BCUT2D eigenvalue weighted by atomic mass is 10.1. The van der Waals surface area contributed by atoms with Crippen LogP contribution in [-0.2, 0) is 0 Å². The van der Waals surface area contributed by atoms with E-state index in [2.05, 4.69) is 38.1 Å². The van der Waals surface area contributed by atoms with Crippen molar-refractivity contribution >= 4 is 33.3 Å². The lowest BCUT2D eigenvalue weighted by Gasteiger charge is -2.39. The molecule has 0 amide bonds. The lowest BCUT2D eigenvalue weighted by molar-refractivity contribution is 0.410. The Hall–Kier alpha value is -0.320. The van der Waals surface area contributed by atoms with E-state index in [4.69, 9.17) is 11.6 Å². The van der Waals surface area contributed by atoms with Gasteiger partial charge in [-0.15, -0.1) is 0 Å². The smallest absolute Gasteiger partial charge is 0.147 e. The zero-order valence-corrected chi connectivity index (χ0v) is 11.6. The molecular formula is C11H15BrClN3. The monoisotopic (exact) mass is 303 g/mol. The SMILES string of the molecule is CCCN(c1ncc(Br)cc1Cl)C1CNC1. The third-order valence-electron chi connectivity index (χ3n) is 2.73. The summed E-state index contributed by atoms with van der Waals surface area (Å²) >= 11 is 9.61. The summed E-state index contributed by atoms with van der Waals surface area (Å²) in [6, 6.07) is 2.43. The maximum absolute atomic E-state index is 6.23. The van der Waals surface area contributed by atoms with Crippen molar-refractivity contribution in [1.29, 1.82) is 0 Å². The van der Waals surface area contributed by atoms with Crippen molar-refractivity contribution in [1.82, 2.24) is 10.3 Å². The highest BCUT2D eigenvalue weighted by Crippen LogP contribution is 2.28. The molecule has 0 saturated carbocycles. The molecule has 0 unspecified atom stereocenters. The van der Waals surface area contributed by atoms with Gasteiger partial charge in [-0.1, -0.05) is 18.5 Å². The van der Waals surface area contributed by atoms with Crippen molar-refractivity contribution in [3.8, 4) is 0 Å². The normalized spacial score (nSPS) is 15.9. The number of rotatable bonds is 4. The van der Waals surface area contributed by atoms with Gasteiger partial charge in [0.05, 0.1) is 11.1 Å². The Kier molecular flexibility index (Phi) is 4.05. The average molecular weight is 305 g/mol. The third kappa shape index (κ3) is 2.50. The maximum Gasteiger partial charge on any atom is 0.147 e. The predicted octanol–water partition coefficient (Wildman–Crippen LogP) is 2.69. The Bertz CT molecular complexity index is 368. The summed E-state index contributed by atoms with van der Waals surface area (Å²) in [4.78, 5) is 6.72. The average Bonchev–Trinajstić information content (AvgIpc) is 2.14. The van der Waals surface area contributed by atoms with E-state index in [1.54, 1.807) is 6.20 Å². The second kappa shape index (κ2) is 5.34. The van der Waals surface area contributed by atoms with Gasteiger partial charge in [0.25, 0.3) is 0 Å². The molecule has 1 saturated heterocycles. The van der Waals surface area contributed by atoms with Gasteiger partial charge in [0.1, 0.15) is 5.82 Å². The topological polar surface area (TPSA) is 28.2 Å². The molecule has 88 valence electrons. The first-order valence-electron chi connectivity index (χ1n) is 5.50. The van der Waals surface area contributed by atoms with Crippen molar-refractivity contribution in [3.05, 3.63) is 21.8 Å². The van der Waals surface area contributed by atoms with Crippen LogP contribution in [0.25, 0.3) is 0 Å². The molecule has 0 aromatic carbocycles. The van der Waals surface area contributed by atoms with Crippen LogP contribution in [0.3, 0.4) is 0 Å². The number of pyridine rings is 1. The van der Waals surface area contributed by atoms with E-state index >= 15 is 0 Å². The van der Waals surface area contributed by atoms with Gasteiger partial charge < -0.3 is 10.2 Å². The highest BCUT2D eigenvalue weighted by Gasteiger charge is 2.26. The standard InChI is InChI=1S/C11H15BrClN3/c1-2-3-16(9-6-14-7-9)11-10(13)4-8(12)5-15-11/h4-5,9,14H,2-3,6-7H2,1H3. The molecule has 2 rings (SSSR count). The van der Waals surface area contributed by atoms with Gasteiger partial charge in [0.2, 0.25) is 0 Å². The summed E-state index contributed by atoms with van der Waals surface area (Å²) < 4.78 is 0.921. The fourth-order valence-electron chi connectivity index (χ4n) is 1.81. The van der Waals surface area contributed by atoms with Crippen molar-refractivity contribution < 1.29 is 0 Å². The van der Waals surface area contributed by atoms with Gasteiger partial charge in [-0.05, 0) is 28.4 Å². The largest absolute Gasteiger partial charge is 0.350 e. The molecule has 0 spiro atoms. The van der Waals surface area contributed by atoms with Crippen molar-refractivity contribution in [2.45, 2.75) is 19.4 Å². The van der Waals surface area contributed by atoms with Gasteiger partial charge in [0, 0.05) is 30.3 Å². The molecule has 1 N–H and O–H groups in total. The third-order valence-corrected chi connectivity index (χ3v) is 3.44. The van der Waals surface area contributed by atoms with Crippen molar-refractivity contribution in [2.24, 2.45) is 0 Å². The van der Waals surface area contributed by atoms with Gasteiger partial charge in [-0.25, -0.2) is 4.98 Å². The van der Waals surface area contributed by atoms with Gasteiger partial charge >= 0.3 is 0 Å². The molecule has 5 heteroatoms. The number of hydrogen-bond donors (Lipinski definition) is 1. The van der Waals surface area contributed by atoms with E-state index in [9.17, 15) is 0 Å². The quantitative estimate of drug-likeness (QED) is 0.927. The highest BCUT2D eigenvalue weighted by molar-refractivity contribution is 9.10. The zero-order valence-electron chi connectivity index (χ0n) is 9.21. The zero-order chi connectivity index (χ0) is 11.5. The number of nitrogens with zero attached hydrogens (tertiary/aromatic N) is 2. The number of halogens is 2. The molecule has 0 aliphatic carbocycles. The van der Waals surface area contributed by atoms with Crippen molar-refractivity contribution in [3.63, 3.8) is 0 Å². The van der Waals surface area contributed by atoms with E-state index < -0.39 is 0 Å². The van der Waals surface area contributed by atoms with Crippen LogP contribution in [0.2, 0.25) is 5.02 Å². The summed E-state index contributed by atoms with van der Waals surface area (Å²) in [6.07, 6.45) is 2.90. The minimum Gasteiger partial charge on any atom is -0.350 e. The summed E-state index contributed by atoms with van der Waals surface area (Å²) in [5.74, 6) is 0.901. The van der Waals surface area contributed by atoms with Crippen LogP contribution in [0.4, 0.5) is 5.82 Å². The fraction of sp³-hybridized carbons (Fsp3) is 0.545. The van der Waals surface area contributed by atoms with E-state index in [1.807, 2.05) is 6.07 Å². The Labute approximate surface area is 109 Å². The number of anilines is 1. The molecule has 16 heavy (non-hydrogen) atoms.